The second-order valence-corrected chi connectivity index (χ2v) is 8.46. The highest BCUT2D eigenvalue weighted by molar-refractivity contribution is 7.83. The Morgan fingerprint density at radius 2 is 1.71 bits per heavy atom. The number of furan rings is 1. The number of amides is 1. The third-order valence-corrected chi connectivity index (χ3v) is 5.84. The molecule has 1 amide bonds. The van der Waals surface area contributed by atoms with Crippen LogP contribution in [0.1, 0.15) is 45.8 Å². The standard InChI is InChI=1S/C23H25NO3S/c1-17-8-10-19(11-9-17)15-28(26)16-21-12-13-22(27-21)23(25)24-14-18(2)20-6-4-3-5-7-20/h3-13,18H,14-16H2,1-2H3,(H,24,25)/t18-,28+/m1/s1. The van der Waals surface area contributed by atoms with Crippen LogP contribution >= 0.6 is 0 Å². The van der Waals surface area contributed by atoms with Crippen molar-refractivity contribution in [2.24, 2.45) is 0 Å². The molecule has 3 aromatic rings. The molecule has 3 rings (SSSR count). The van der Waals surface area contributed by atoms with Gasteiger partial charge in [0.25, 0.3) is 5.91 Å². The number of hydrogen-bond acceptors (Lipinski definition) is 3. The lowest BCUT2D eigenvalue weighted by Crippen LogP contribution is -2.27. The third kappa shape index (κ3) is 5.67. The van der Waals surface area contributed by atoms with Gasteiger partial charge in [0.15, 0.2) is 5.76 Å². The van der Waals surface area contributed by atoms with E-state index in [4.69, 9.17) is 4.42 Å². The van der Waals surface area contributed by atoms with Crippen LogP contribution in [0, 0.1) is 6.92 Å². The number of carbonyl (C=O) groups excluding carboxylic acids is 1. The molecule has 0 saturated heterocycles. The maximum atomic E-state index is 12.4. The molecule has 1 aromatic heterocycles. The molecule has 2 atom stereocenters. The van der Waals surface area contributed by atoms with Crippen LogP contribution in [0.25, 0.3) is 0 Å². The molecule has 0 bridgehead atoms. The quantitative estimate of drug-likeness (QED) is 0.608. The van der Waals surface area contributed by atoms with Crippen molar-refractivity contribution in [3.8, 4) is 0 Å². The monoisotopic (exact) mass is 395 g/mol. The van der Waals surface area contributed by atoms with Gasteiger partial charge in [0.05, 0.1) is 5.75 Å². The molecule has 1 heterocycles. The number of aryl methyl sites for hydroxylation is 1. The fourth-order valence-corrected chi connectivity index (χ4v) is 4.03. The van der Waals surface area contributed by atoms with Gasteiger partial charge in [0, 0.05) is 23.1 Å². The zero-order chi connectivity index (χ0) is 19.9. The van der Waals surface area contributed by atoms with Crippen LogP contribution in [0.3, 0.4) is 0 Å². The van der Waals surface area contributed by atoms with E-state index in [9.17, 15) is 9.00 Å². The summed E-state index contributed by atoms with van der Waals surface area (Å²) in [5.41, 5.74) is 3.38. The molecule has 0 radical (unpaired) electrons. The van der Waals surface area contributed by atoms with Crippen molar-refractivity contribution in [1.82, 2.24) is 5.32 Å². The topological polar surface area (TPSA) is 59.3 Å². The molecule has 0 aliphatic heterocycles. The Bertz CT molecular complexity index is 932. The highest BCUT2D eigenvalue weighted by atomic mass is 32.2. The molecule has 28 heavy (non-hydrogen) atoms. The predicted molar refractivity (Wildman–Crippen MR) is 113 cm³/mol. The van der Waals surface area contributed by atoms with E-state index >= 15 is 0 Å². The van der Waals surface area contributed by atoms with Gasteiger partial charge in [-0.05, 0) is 36.1 Å². The molecule has 0 aliphatic rings. The minimum atomic E-state index is -1.09. The van der Waals surface area contributed by atoms with Gasteiger partial charge >= 0.3 is 0 Å². The minimum absolute atomic E-state index is 0.210. The Morgan fingerprint density at radius 3 is 2.43 bits per heavy atom. The van der Waals surface area contributed by atoms with Gasteiger partial charge in [-0.3, -0.25) is 9.00 Å². The zero-order valence-corrected chi connectivity index (χ0v) is 17.0. The first-order chi connectivity index (χ1) is 13.5. The van der Waals surface area contributed by atoms with E-state index in [1.54, 1.807) is 12.1 Å². The summed E-state index contributed by atoms with van der Waals surface area (Å²) in [7, 11) is -1.09. The number of carbonyl (C=O) groups is 1. The van der Waals surface area contributed by atoms with Crippen LogP contribution < -0.4 is 5.32 Å². The summed E-state index contributed by atoms with van der Waals surface area (Å²) in [6.45, 7) is 4.62. The normalized spacial score (nSPS) is 13.1. The van der Waals surface area contributed by atoms with Crippen LogP contribution in [0.4, 0.5) is 0 Å². The summed E-state index contributed by atoms with van der Waals surface area (Å²) >= 11 is 0. The zero-order valence-electron chi connectivity index (χ0n) is 16.2. The Kier molecular flexibility index (Phi) is 6.82. The molecular weight excluding hydrogens is 370 g/mol. The average Bonchev–Trinajstić information content (AvgIpc) is 3.16. The summed E-state index contributed by atoms with van der Waals surface area (Å²) in [6.07, 6.45) is 0. The lowest BCUT2D eigenvalue weighted by atomic mass is 10.0. The Labute approximate surface area is 168 Å². The predicted octanol–water partition coefficient (Wildman–Crippen LogP) is 4.57. The van der Waals surface area contributed by atoms with Gasteiger partial charge in [0.2, 0.25) is 0 Å². The van der Waals surface area contributed by atoms with E-state index in [1.165, 1.54) is 11.1 Å². The van der Waals surface area contributed by atoms with Gasteiger partial charge in [-0.2, -0.15) is 0 Å². The molecule has 146 valence electrons. The van der Waals surface area contributed by atoms with Gasteiger partial charge in [-0.25, -0.2) is 0 Å². The maximum absolute atomic E-state index is 12.4. The Hall–Kier alpha value is -2.66. The second-order valence-electron chi connectivity index (χ2n) is 7.00. The molecule has 2 aromatic carbocycles. The fraction of sp³-hybridized carbons (Fsp3) is 0.261. The van der Waals surface area contributed by atoms with E-state index in [0.29, 0.717) is 23.8 Å². The number of rotatable bonds is 8. The molecule has 0 spiro atoms. The summed E-state index contributed by atoms with van der Waals surface area (Å²) < 4.78 is 18.0. The maximum Gasteiger partial charge on any atom is 0.287 e. The van der Waals surface area contributed by atoms with Crippen LogP contribution in [0.5, 0.6) is 0 Å². The van der Waals surface area contributed by atoms with Crippen LogP contribution in [-0.4, -0.2) is 16.7 Å². The molecule has 5 heteroatoms. The van der Waals surface area contributed by atoms with E-state index in [2.05, 4.69) is 12.2 Å². The molecule has 0 aliphatic carbocycles. The molecular formula is C23H25NO3S. The van der Waals surface area contributed by atoms with E-state index in [-0.39, 0.29) is 17.6 Å². The smallest absolute Gasteiger partial charge is 0.287 e. The Balaban J connectivity index is 1.50. The van der Waals surface area contributed by atoms with Crippen LogP contribution in [-0.2, 0) is 22.3 Å². The molecule has 1 N–H and O–H groups in total. The molecule has 0 unspecified atom stereocenters. The molecule has 4 nitrogen and oxygen atoms in total. The summed E-state index contributed by atoms with van der Waals surface area (Å²) in [5, 5.41) is 2.90. The third-order valence-electron chi connectivity index (χ3n) is 4.57. The van der Waals surface area contributed by atoms with E-state index in [0.717, 1.165) is 5.56 Å². The van der Waals surface area contributed by atoms with Crippen molar-refractivity contribution in [2.45, 2.75) is 31.3 Å². The first kappa shape index (κ1) is 20.1. The summed E-state index contributed by atoms with van der Waals surface area (Å²) in [6, 6.07) is 21.4. The van der Waals surface area contributed by atoms with E-state index in [1.807, 2.05) is 61.5 Å². The number of benzene rings is 2. The molecule has 0 fully saturated rings. The van der Waals surface area contributed by atoms with Gasteiger partial charge in [-0.15, -0.1) is 0 Å². The Morgan fingerprint density at radius 1 is 1.00 bits per heavy atom. The molecule has 0 saturated carbocycles. The van der Waals surface area contributed by atoms with Gasteiger partial charge in [0.1, 0.15) is 5.76 Å². The first-order valence-electron chi connectivity index (χ1n) is 9.33. The second kappa shape index (κ2) is 9.51. The lowest BCUT2D eigenvalue weighted by molar-refractivity contribution is 0.0922. The summed E-state index contributed by atoms with van der Waals surface area (Å²) in [5.74, 6) is 1.54. The van der Waals surface area contributed by atoms with Crippen molar-refractivity contribution < 1.29 is 13.4 Å². The number of hydrogen-bond donors (Lipinski definition) is 1. The average molecular weight is 396 g/mol. The van der Waals surface area contributed by atoms with Crippen molar-refractivity contribution in [3.05, 3.63) is 94.9 Å². The van der Waals surface area contributed by atoms with E-state index < -0.39 is 10.8 Å². The van der Waals surface area contributed by atoms with Gasteiger partial charge in [-0.1, -0.05) is 67.1 Å². The first-order valence-corrected chi connectivity index (χ1v) is 10.8. The van der Waals surface area contributed by atoms with Crippen LogP contribution in [0.15, 0.2) is 71.1 Å². The minimum Gasteiger partial charge on any atom is -0.455 e. The highest BCUT2D eigenvalue weighted by Crippen LogP contribution is 2.15. The highest BCUT2D eigenvalue weighted by Gasteiger charge is 2.14. The van der Waals surface area contributed by atoms with Crippen LogP contribution in [0.2, 0.25) is 0 Å². The van der Waals surface area contributed by atoms with Crippen molar-refractivity contribution in [3.63, 3.8) is 0 Å². The van der Waals surface area contributed by atoms with Gasteiger partial charge < -0.3 is 9.73 Å². The fourth-order valence-electron chi connectivity index (χ4n) is 2.89. The SMILES string of the molecule is Cc1ccc(C[S@](=O)Cc2ccc(C(=O)NC[C@@H](C)c3ccccc3)o2)cc1. The van der Waals surface area contributed by atoms with Crippen molar-refractivity contribution >= 4 is 16.7 Å². The lowest BCUT2D eigenvalue weighted by Gasteiger charge is -2.12. The van der Waals surface area contributed by atoms with Crippen molar-refractivity contribution in [2.75, 3.05) is 6.54 Å². The summed E-state index contributed by atoms with van der Waals surface area (Å²) in [4.78, 5) is 12.3. The largest absolute Gasteiger partial charge is 0.455 e. The van der Waals surface area contributed by atoms with Crippen molar-refractivity contribution in [1.29, 1.82) is 0 Å². The number of nitrogens with one attached hydrogen (secondary N) is 1.